The molecule has 4 atom stereocenters. The van der Waals surface area contributed by atoms with Crippen LogP contribution in [0.15, 0.2) is 0 Å². The van der Waals surface area contributed by atoms with Crippen molar-refractivity contribution in [3.05, 3.63) is 0 Å². The van der Waals surface area contributed by atoms with E-state index in [0.29, 0.717) is 17.6 Å². The molecule has 0 saturated carbocycles. The summed E-state index contributed by atoms with van der Waals surface area (Å²) in [4.78, 5) is 11.0. The zero-order chi connectivity index (χ0) is 18.6. The average molecular weight is 351 g/mol. The van der Waals surface area contributed by atoms with Crippen molar-refractivity contribution in [2.45, 2.75) is 103 Å². The number of hydrogen-bond acceptors (Lipinski definition) is 4. The van der Waals surface area contributed by atoms with Crippen molar-refractivity contribution < 1.29 is 0 Å². The molecule has 4 aliphatic heterocycles. The van der Waals surface area contributed by atoms with E-state index in [1.54, 1.807) is 0 Å². The Hall–Kier alpha value is -0.160. The Morgan fingerprint density at radius 2 is 1.28 bits per heavy atom. The molecular formula is C21H42N4. The Kier molecular flexibility index (Phi) is 5.31. The van der Waals surface area contributed by atoms with Gasteiger partial charge in [-0.15, -0.1) is 0 Å². The van der Waals surface area contributed by atoms with E-state index < -0.39 is 0 Å². The minimum atomic E-state index is 0.266. The molecule has 4 heterocycles. The first-order chi connectivity index (χ1) is 11.5. The van der Waals surface area contributed by atoms with Crippen molar-refractivity contribution in [1.82, 2.24) is 19.6 Å². The van der Waals surface area contributed by atoms with Crippen LogP contribution in [0.1, 0.15) is 68.2 Å². The maximum Gasteiger partial charge on any atom is 0.0511 e. The Bertz CT molecular complexity index is 451. The molecule has 4 fully saturated rings. The van der Waals surface area contributed by atoms with Crippen molar-refractivity contribution in [2.24, 2.45) is 0 Å². The lowest BCUT2D eigenvalue weighted by Crippen LogP contribution is -2.69. The predicted octanol–water partition coefficient (Wildman–Crippen LogP) is 3.08. The summed E-state index contributed by atoms with van der Waals surface area (Å²) in [6.45, 7) is 25.2. The van der Waals surface area contributed by atoms with Gasteiger partial charge in [-0.2, -0.15) is 0 Å². The van der Waals surface area contributed by atoms with Crippen LogP contribution in [0.2, 0.25) is 0 Å². The molecule has 0 aromatic rings. The van der Waals surface area contributed by atoms with Crippen LogP contribution in [0.25, 0.3) is 0 Å². The second-order valence-corrected chi connectivity index (χ2v) is 10.9. The molecule has 146 valence electrons. The van der Waals surface area contributed by atoms with E-state index in [1.807, 2.05) is 0 Å². The number of rotatable bonds is 2. The van der Waals surface area contributed by atoms with Gasteiger partial charge in [0.1, 0.15) is 0 Å². The molecule has 4 heteroatoms. The van der Waals surface area contributed by atoms with E-state index in [2.05, 4.69) is 75.0 Å². The summed E-state index contributed by atoms with van der Waals surface area (Å²) in [5, 5.41) is 0. The van der Waals surface area contributed by atoms with Crippen molar-refractivity contribution in [1.29, 1.82) is 0 Å². The van der Waals surface area contributed by atoms with Gasteiger partial charge in [0.05, 0.1) is 6.67 Å². The predicted molar refractivity (Wildman–Crippen MR) is 107 cm³/mol. The number of piperidine rings is 2. The Morgan fingerprint density at radius 3 is 1.72 bits per heavy atom. The smallest absolute Gasteiger partial charge is 0.0511 e. The molecule has 0 spiro atoms. The third-order valence-corrected chi connectivity index (χ3v) is 6.66. The van der Waals surface area contributed by atoms with Crippen LogP contribution in [0, 0.1) is 0 Å². The normalized spacial score (nSPS) is 37.0. The lowest BCUT2D eigenvalue weighted by molar-refractivity contribution is -0.0968. The Morgan fingerprint density at radius 1 is 0.720 bits per heavy atom. The molecule has 0 amide bonds. The first-order valence-electron chi connectivity index (χ1n) is 10.5. The number of fused-ring (bicyclic) bond motifs is 3. The van der Waals surface area contributed by atoms with Gasteiger partial charge < -0.3 is 0 Å². The van der Waals surface area contributed by atoms with Crippen LogP contribution in [0.3, 0.4) is 0 Å². The van der Waals surface area contributed by atoms with Crippen LogP contribution in [0.4, 0.5) is 0 Å². The second-order valence-electron chi connectivity index (χ2n) is 10.9. The van der Waals surface area contributed by atoms with E-state index >= 15 is 0 Å². The largest absolute Gasteiger partial charge is 0.293 e. The molecule has 0 aliphatic carbocycles. The minimum absolute atomic E-state index is 0.266. The van der Waals surface area contributed by atoms with E-state index in [9.17, 15) is 0 Å². The van der Waals surface area contributed by atoms with Gasteiger partial charge >= 0.3 is 0 Å². The van der Waals surface area contributed by atoms with Gasteiger partial charge in [-0.25, -0.2) is 0 Å². The fourth-order valence-corrected chi connectivity index (χ4v) is 6.04. The third-order valence-electron chi connectivity index (χ3n) is 6.66. The maximum absolute atomic E-state index is 2.79. The fraction of sp³-hybridized carbons (Fsp3) is 1.00. The zero-order valence-corrected chi connectivity index (χ0v) is 18.0. The van der Waals surface area contributed by atoms with E-state index in [0.717, 1.165) is 12.1 Å². The summed E-state index contributed by atoms with van der Waals surface area (Å²) in [5.41, 5.74) is 0.582. The summed E-state index contributed by atoms with van der Waals surface area (Å²) in [6.07, 6.45) is 2.79. The van der Waals surface area contributed by atoms with Crippen molar-refractivity contribution in [3.63, 3.8) is 0 Å². The van der Waals surface area contributed by atoms with Gasteiger partial charge in [-0.05, 0) is 68.2 Å². The molecule has 4 saturated heterocycles. The van der Waals surface area contributed by atoms with Crippen LogP contribution in [-0.2, 0) is 0 Å². The first kappa shape index (κ1) is 19.6. The zero-order valence-electron chi connectivity index (χ0n) is 18.0. The van der Waals surface area contributed by atoms with Crippen LogP contribution in [0.5, 0.6) is 0 Å². The fourth-order valence-electron chi connectivity index (χ4n) is 6.04. The molecule has 4 unspecified atom stereocenters. The monoisotopic (exact) mass is 350 g/mol. The highest BCUT2D eigenvalue weighted by atomic mass is 15.4. The van der Waals surface area contributed by atoms with Gasteiger partial charge in [-0.3, -0.25) is 19.6 Å². The Labute approximate surface area is 156 Å². The van der Waals surface area contributed by atoms with E-state index in [4.69, 9.17) is 0 Å². The summed E-state index contributed by atoms with van der Waals surface area (Å²) in [6, 6.07) is 2.79. The maximum atomic E-state index is 2.79. The van der Waals surface area contributed by atoms with Crippen molar-refractivity contribution >= 4 is 0 Å². The molecule has 0 aromatic heterocycles. The van der Waals surface area contributed by atoms with Gasteiger partial charge in [0, 0.05) is 61.4 Å². The standard InChI is InChI=1S/C21H42N4/c1-16-11-22(12-17(2)25(16)21(6,7)8)15-23-13-19-10-9-18(23)14-24(19)20(3,4)5/h16-19H,9-15H2,1-8H3. The summed E-state index contributed by atoms with van der Waals surface area (Å²) in [5.74, 6) is 0. The molecule has 0 aromatic carbocycles. The number of nitrogens with zero attached hydrogens (tertiary/aromatic N) is 4. The number of hydrogen-bond donors (Lipinski definition) is 0. The summed E-state index contributed by atoms with van der Waals surface area (Å²) < 4.78 is 0. The molecule has 2 bridgehead atoms. The number of piperazine rings is 2. The molecule has 4 rings (SSSR count). The van der Waals surface area contributed by atoms with Crippen LogP contribution in [-0.4, -0.2) is 87.7 Å². The van der Waals surface area contributed by atoms with Crippen LogP contribution >= 0.6 is 0 Å². The molecule has 25 heavy (non-hydrogen) atoms. The van der Waals surface area contributed by atoms with E-state index in [1.165, 1.54) is 45.7 Å². The minimum Gasteiger partial charge on any atom is -0.293 e. The topological polar surface area (TPSA) is 13.0 Å². The van der Waals surface area contributed by atoms with Gasteiger partial charge in [-0.1, -0.05) is 0 Å². The molecule has 4 nitrogen and oxygen atoms in total. The van der Waals surface area contributed by atoms with Gasteiger partial charge in [0.2, 0.25) is 0 Å². The third kappa shape index (κ3) is 4.07. The molecule has 0 radical (unpaired) electrons. The lowest BCUT2D eigenvalue weighted by atomic mass is 9.87. The highest BCUT2D eigenvalue weighted by Crippen LogP contribution is 2.34. The SMILES string of the molecule is CC1CN(CN2CC3CCC2CN3C(C)(C)C)CC(C)N1C(C)(C)C. The molecule has 0 N–H and O–H groups in total. The molecule has 4 aliphatic rings. The van der Waals surface area contributed by atoms with E-state index in [-0.39, 0.29) is 5.54 Å². The highest BCUT2D eigenvalue weighted by molar-refractivity contribution is 5.00. The van der Waals surface area contributed by atoms with Crippen LogP contribution < -0.4 is 0 Å². The molecular weight excluding hydrogens is 308 g/mol. The average Bonchev–Trinajstić information content (AvgIpc) is 2.44. The Balaban J connectivity index is 1.60. The summed E-state index contributed by atoms with van der Waals surface area (Å²) >= 11 is 0. The summed E-state index contributed by atoms with van der Waals surface area (Å²) in [7, 11) is 0. The van der Waals surface area contributed by atoms with Crippen molar-refractivity contribution in [2.75, 3.05) is 32.8 Å². The highest BCUT2D eigenvalue weighted by Gasteiger charge is 2.44. The second kappa shape index (κ2) is 6.78. The van der Waals surface area contributed by atoms with Gasteiger partial charge in [0.15, 0.2) is 0 Å². The van der Waals surface area contributed by atoms with Gasteiger partial charge in [0.25, 0.3) is 0 Å². The lowest BCUT2D eigenvalue weighted by Gasteiger charge is -2.57. The van der Waals surface area contributed by atoms with Crippen molar-refractivity contribution in [3.8, 4) is 0 Å². The first-order valence-corrected chi connectivity index (χ1v) is 10.5. The quantitative estimate of drug-likeness (QED) is 0.759.